The number of hydrogen-bond donors (Lipinski definition) is 2. The number of rotatable bonds is 1. The van der Waals surface area contributed by atoms with Crippen LogP contribution in [0, 0.1) is 5.92 Å². The highest BCUT2D eigenvalue weighted by Gasteiger charge is 2.50. The van der Waals surface area contributed by atoms with E-state index < -0.39 is 0 Å². The number of nitrogens with one attached hydrogen (secondary N) is 2. The molecule has 1 spiro atoms. The molecule has 2 rings (SSSR count). The fourth-order valence-electron chi connectivity index (χ4n) is 2.89. The molecule has 4 nitrogen and oxygen atoms in total. The number of carbonyl (C=O) groups is 1. The van der Waals surface area contributed by atoms with Gasteiger partial charge in [0.15, 0.2) is 5.96 Å². The van der Waals surface area contributed by atoms with Crippen LogP contribution in [0.15, 0.2) is 4.99 Å². The van der Waals surface area contributed by atoms with Gasteiger partial charge >= 0.3 is 0 Å². The Kier molecular flexibility index (Phi) is 2.67. The van der Waals surface area contributed by atoms with E-state index in [4.69, 9.17) is 0 Å². The van der Waals surface area contributed by atoms with Crippen molar-refractivity contribution in [3.8, 4) is 0 Å². The lowest BCUT2D eigenvalue weighted by Gasteiger charge is -2.38. The first kappa shape index (κ1) is 10.5. The molecule has 2 unspecified atom stereocenters. The van der Waals surface area contributed by atoms with E-state index >= 15 is 0 Å². The van der Waals surface area contributed by atoms with Crippen LogP contribution in [0.1, 0.15) is 39.0 Å². The Morgan fingerprint density at radius 3 is 2.93 bits per heavy atom. The first-order valence-corrected chi connectivity index (χ1v) is 5.79. The van der Waals surface area contributed by atoms with Gasteiger partial charge in [-0.1, -0.05) is 26.2 Å². The molecule has 0 aromatic heterocycles. The van der Waals surface area contributed by atoms with Crippen LogP contribution in [0.4, 0.5) is 0 Å². The zero-order valence-corrected chi connectivity index (χ0v) is 9.47. The van der Waals surface area contributed by atoms with Crippen LogP contribution in [0.5, 0.6) is 0 Å². The van der Waals surface area contributed by atoms with Gasteiger partial charge in [0, 0.05) is 7.05 Å². The van der Waals surface area contributed by atoms with E-state index in [0.717, 1.165) is 25.7 Å². The van der Waals surface area contributed by atoms with Crippen molar-refractivity contribution in [2.75, 3.05) is 7.05 Å². The summed E-state index contributed by atoms with van der Waals surface area (Å²) < 4.78 is 0. The standard InChI is InChI=1S/C11H19N3O/c1-3-8-6-4-5-7-11(8)9(15)13-10(12-2)14-11/h8H,3-7H2,1-2H3,(H2,12,13,14,15). The molecule has 0 bridgehead atoms. The van der Waals surface area contributed by atoms with E-state index in [1.165, 1.54) is 6.42 Å². The average molecular weight is 209 g/mol. The van der Waals surface area contributed by atoms with Gasteiger partial charge in [-0.2, -0.15) is 0 Å². The minimum absolute atomic E-state index is 0.120. The second-order valence-corrected chi connectivity index (χ2v) is 4.47. The zero-order chi connectivity index (χ0) is 10.9. The van der Waals surface area contributed by atoms with Crippen molar-refractivity contribution in [2.24, 2.45) is 10.9 Å². The molecule has 2 N–H and O–H groups in total. The quantitative estimate of drug-likeness (QED) is 0.677. The molecule has 1 saturated heterocycles. The average Bonchev–Trinajstić information content (AvgIpc) is 2.57. The van der Waals surface area contributed by atoms with Gasteiger partial charge in [-0.15, -0.1) is 0 Å². The maximum atomic E-state index is 12.0. The number of guanidine groups is 1. The molecule has 84 valence electrons. The predicted octanol–water partition coefficient (Wildman–Crippen LogP) is 1.03. The Hall–Kier alpha value is -1.06. The lowest BCUT2D eigenvalue weighted by atomic mass is 9.71. The molecule has 0 radical (unpaired) electrons. The van der Waals surface area contributed by atoms with Gasteiger partial charge in [0.1, 0.15) is 5.54 Å². The molecular formula is C11H19N3O. The molecule has 0 aromatic carbocycles. The maximum Gasteiger partial charge on any atom is 0.252 e. The van der Waals surface area contributed by atoms with Gasteiger partial charge in [0.25, 0.3) is 5.91 Å². The van der Waals surface area contributed by atoms with E-state index in [9.17, 15) is 4.79 Å². The number of hydrogen-bond acceptors (Lipinski definition) is 2. The molecular weight excluding hydrogens is 190 g/mol. The van der Waals surface area contributed by atoms with Crippen LogP contribution < -0.4 is 10.6 Å². The second-order valence-electron chi connectivity index (χ2n) is 4.47. The van der Waals surface area contributed by atoms with Crippen LogP contribution in [0.3, 0.4) is 0 Å². The number of carbonyl (C=O) groups excluding carboxylic acids is 1. The summed E-state index contributed by atoms with van der Waals surface area (Å²) in [4.78, 5) is 16.1. The van der Waals surface area contributed by atoms with Crippen molar-refractivity contribution in [1.82, 2.24) is 10.6 Å². The SMILES string of the molecule is CCC1CCCCC12NC(=NC)NC2=O. The Balaban J connectivity index is 2.27. The summed E-state index contributed by atoms with van der Waals surface area (Å²) in [6.07, 6.45) is 5.52. The van der Waals surface area contributed by atoms with Gasteiger partial charge in [0.2, 0.25) is 0 Å². The highest BCUT2D eigenvalue weighted by molar-refractivity contribution is 6.09. The first-order valence-electron chi connectivity index (χ1n) is 5.79. The van der Waals surface area contributed by atoms with E-state index in [1.54, 1.807) is 7.05 Å². The highest BCUT2D eigenvalue weighted by Crippen LogP contribution is 2.37. The molecule has 2 fully saturated rings. The topological polar surface area (TPSA) is 53.5 Å². The highest BCUT2D eigenvalue weighted by atomic mass is 16.2. The summed E-state index contributed by atoms with van der Waals surface area (Å²) in [6.45, 7) is 2.16. The molecule has 4 heteroatoms. The van der Waals surface area contributed by atoms with Crippen molar-refractivity contribution in [3.05, 3.63) is 0 Å². The summed E-state index contributed by atoms with van der Waals surface area (Å²) in [5.41, 5.74) is -0.359. The maximum absolute atomic E-state index is 12.0. The molecule has 1 amide bonds. The number of amides is 1. The van der Waals surface area contributed by atoms with E-state index in [1.807, 2.05) is 0 Å². The first-order chi connectivity index (χ1) is 7.23. The van der Waals surface area contributed by atoms with Crippen LogP contribution >= 0.6 is 0 Å². The summed E-state index contributed by atoms with van der Waals surface area (Å²) in [5, 5.41) is 6.12. The van der Waals surface area contributed by atoms with Crippen molar-refractivity contribution in [3.63, 3.8) is 0 Å². The third-order valence-electron chi connectivity index (χ3n) is 3.77. The molecule has 1 aliphatic heterocycles. The van der Waals surface area contributed by atoms with Crippen molar-refractivity contribution >= 4 is 11.9 Å². The lowest BCUT2D eigenvalue weighted by molar-refractivity contribution is -0.127. The monoisotopic (exact) mass is 209 g/mol. The van der Waals surface area contributed by atoms with Crippen molar-refractivity contribution in [1.29, 1.82) is 0 Å². The second kappa shape index (κ2) is 3.83. The van der Waals surface area contributed by atoms with E-state index in [2.05, 4.69) is 22.5 Å². The van der Waals surface area contributed by atoms with Crippen LogP contribution in [0.2, 0.25) is 0 Å². The van der Waals surface area contributed by atoms with E-state index in [-0.39, 0.29) is 11.4 Å². The van der Waals surface area contributed by atoms with Gasteiger partial charge in [-0.25, -0.2) is 0 Å². The summed E-state index contributed by atoms with van der Waals surface area (Å²) in [5.74, 6) is 1.21. The Morgan fingerprint density at radius 1 is 1.53 bits per heavy atom. The molecule has 2 aliphatic rings. The normalized spacial score (nSPS) is 38.1. The predicted molar refractivity (Wildman–Crippen MR) is 59.6 cm³/mol. The number of nitrogens with zero attached hydrogens (tertiary/aromatic N) is 1. The molecule has 2 atom stereocenters. The number of aliphatic imine (C=N–C) groups is 1. The Bertz CT molecular complexity index is 300. The fourth-order valence-corrected chi connectivity index (χ4v) is 2.89. The zero-order valence-electron chi connectivity index (χ0n) is 9.47. The van der Waals surface area contributed by atoms with Crippen molar-refractivity contribution in [2.45, 2.75) is 44.6 Å². The summed E-state index contributed by atoms with van der Waals surface area (Å²) in [7, 11) is 1.70. The molecule has 1 heterocycles. The minimum Gasteiger partial charge on any atom is -0.341 e. The lowest BCUT2D eigenvalue weighted by Crippen LogP contribution is -2.54. The summed E-state index contributed by atoms with van der Waals surface area (Å²) >= 11 is 0. The Labute approximate surface area is 90.5 Å². The van der Waals surface area contributed by atoms with Crippen LogP contribution in [-0.4, -0.2) is 24.5 Å². The summed E-state index contributed by atoms with van der Waals surface area (Å²) in [6, 6.07) is 0. The van der Waals surface area contributed by atoms with E-state index in [0.29, 0.717) is 11.9 Å². The van der Waals surface area contributed by atoms with Crippen LogP contribution in [0.25, 0.3) is 0 Å². The third kappa shape index (κ3) is 1.52. The molecule has 1 aliphatic carbocycles. The molecule has 15 heavy (non-hydrogen) atoms. The largest absolute Gasteiger partial charge is 0.341 e. The minimum atomic E-state index is -0.359. The molecule has 1 saturated carbocycles. The third-order valence-corrected chi connectivity index (χ3v) is 3.77. The Morgan fingerprint density at radius 2 is 2.33 bits per heavy atom. The van der Waals surface area contributed by atoms with Gasteiger partial charge in [0.05, 0.1) is 0 Å². The van der Waals surface area contributed by atoms with Gasteiger partial charge < -0.3 is 5.32 Å². The van der Waals surface area contributed by atoms with Crippen LogP contribution in [-0.2, 0) is 4.79 Å². The molecule has 0 aromatic rings. The van der Waals surface area contributed by atoms with Gasteiger partial charge in [-0.3, -0.25) is 15.1 Å². The van der Waals surface area contributed by atoms with Gasteiger partial charge in [-0.05, 0) is 18.8 Å². The van der Waals surface area contributed by atoms with Crippen molar-refractivity contribution < 1.29 is 4.79 Å². The smallest absolute Gasteiger partial charge is 0.252 e. The fraction of sp³-hybridized carbons (Fsp3) is 0.818.